The molecule has 0 atom stereocenters. The zero-order chi connectivity index (χ0) is 26.5. The lowest BCUT2D eigenvalue weighted by Gasteiger charge is -2.32. The number of anilines is 2. The number of allylic oxidation sites excluding steroid dienone is 2. The van der Waals surface area contributed by atoms with Crippen LogP contribution < -0.4 is 16.2 Å². The monoisotopic (exact) mass is 511 g/mol. The molecule has 0 spiro atoms. The standard InChI is InChI=1S/C29H30FN7O/c1-2-3-6-24-28(32)37(29(35-24)25-7-4-5-13-33-25)21-8-9-26(23(30)18-21)38-22-11-15-36(16-12-22)19-20-10-14-34-27(31)17-20/h2-10,13-14,17-18,22H,1,11-12,15-16,19,32H2,(H2,31,34)/b6-3-. The van der Waals surface area contributed by atoms with Gasteiger partial charge in [-0.1, -0.05) is 24.8 Å². The molecule has 0 bridgehead atoms. The van der Waals surface area contributed by atoms with Crippen LogP contribution in [0.25, 0.3) is 23.3 Å². The topological polar surface area (TPSA) is 108 Å². The molecule has 0 radical (unpaired) electrons. The normalized spacial score (nSPS) is 14.7. The van der Waals surface area contributed by atoms with Crippen LogP contribution >= 0.6 is 0 Å². The van der Waals surface area contributed by atoms with Crippen molar-refractivity contribution in [1.82, 2.24) is 24.4 Å². The average Bonchev–Trinajstić information content (AvgIpc) is 3.26. The van der Waals surface area contributed by atoms with Gasteiger partial charge in [-0.25, -0.2) is 14.4 Å². The number of aromatic nitrogens is 4. The molecule has 4 aromatic rings. The lowest BCUT2D eigenvalue weighted by atomic mass is 10.1. The van der Waals surface area contributed by atoms with Crippen LogP contribution in [0.5, 0.6) is 5.75 Å². The fourth-order valence-corrected chi connectivity index (χ4v) is 4.60. The highest BCUT2D eigenvalue weighted by Gasteiger charge is 2.23. The zero-order valence-corrected chi connectivity index (χ0v) is 21.0. The van der Waals surface area contributed by atoms with Crippen molar-refractivity contribution in [1.29, 1.82) is 0 Å². The Hall–Kier alpha value is -4.50. The molecule has 38 heavy (non-hydrogen) atoms. The maximum Gasteiger partial charge on any atom is 0.167 e. The Kier molecular flexibility index (Phi) is 7.46. The van der Waals surface area contributed by atoms with Crippen LogP contribution in [0.1, 0.15) is 24.1 Å². The molecule has 0 saturated carbocycles. The quantitative estimate of drug-likeness (QED) is 0.325. The van der Waals surface area contributed by atoms with E-state index in [1.54, 1.807) is 47.3 Å². The maximum atomic E-state index is 15.3. The average molecular weight is 512 g/mol. The first-order chi connectivity index (χ1) is 18.5. The van der Waals surface area contributed by atoms with E-state index in [0.29, 0.717) is 34.5 Å². The van der Waals surface area contributed by atoms with Crippen molar-refractivity contribution in [3.05, 3.63) is 96.7 Å². The van der Waals surface area contributed by atoms with Crippen LogP contribution in [0.2, 0.25) is 0 Å². The summed E-state index contributed by atoms with van der Waals surface area (Å²) in [4.78, 5) is 15.4. The van der Waals surface area contributed by atoms with Gasteiger partial charge in [-0.2, -0.15) is 0 Å². The summed E-state index contributed by atoms with van der Waals surface area (Å²) in [5.74, 6) is 1.18. The van der Waals surface area contributed by atoms with E-state index in [1.165, 1.54) is 6.07 Å². The summed E-state index contributed by atoms with van der Waals surface area (Å²) in [5.41, 5.74) is 15.1. The number of imidazole rings is 1. The Labute approximate surface area is 221 Å². The van der Waals surface area contributed by atoms with Gasteiger partial charge in [0.1, 0.15) is 29.1 Å². The first-order valence-electron chi connectivity index (χ1n) is 12.5. The van der Waals surface area contributed by atoms with Crippen LogP contribution in [0, 0.1) is 5.82 Å². The lowest BCUT2D eigenvalue weighted by Crippen LogP contribution is -2.37. The van der Waals surface area contributed by atoms with Gasteiger partial charge >= 0.3 is 0 Å². The summed E-state index contributed by atoms with van der Waals surface area (Å²) < 4.78 is 23.1. The second-order valence-electron chi connectivity index (χ2n) is 9.15. The maximum absolute atomic E-state index is 15.3. The van der Waals surface area contributed by atoms with Crippen LogP contribution in [-0.4, -0.2) is 43.6 Å². The number of nitrogen functional groups attached to an aromatic ring is 2. The number of rotatable bonds is 8. The van der Waals surface area contributed by atoms with E-state index in [1.807, 2.05) is 30.3 Å². The van der Waals surface area contributed by atoms with Gasteiger partial charge in [-0.3, -0.25) is 14.5 Å². The third kappa shape index (κ3) is 5.57. The van der Waals surface area contributed by atoms with Gasteiger partial charge in [0, 0.05) is 38.1 Å². The van der Waals surface area contributed by atoms with E-state index in [-0.39, 0.29) is 11.9 Å². The van der Waals surface area contributed by atoms with Crippen LogP contribution in [0.4, 0.5) is 16.0 Å². The van der Waals surface area contributed by atoms with Gasteiger partial charge in [0.2, 0.25) is 0 Å². The summed E-state index contributed by atoms with van der Waals surface area (Å²) in [7, 11) is 0. The van der Waals surface area contributed by atoms with Gasteiger partial charge in [0.25, 0.3) is 0 Å². The van der Waals surface area contributed by atoms with Crippen LogP contribution in [0.15, 0.2) is 79.7 Å². The van der Waals surface area contributed by atoms with E-state index in [0.717, 1.165) is 38.0 Å². The number of hydrogen-bond acceptors (Lipinski definition) is 7. The Morgan fingerprint density at radius 3 is 2.61 bits per heavy atom. The van der Waals surface area contributed by atoms with Crippen molar-refractivity contribution in [2.45, 2.75) is 25.5 Å². The zero-order valence-electron chi connectivity index (χ0n) is 21.0. The Balaban J connectivity index is 1.31. The van der Waals surface area contributed by atoms with Crippen LogP contribution in [-0.2, 0) is 6.54 Å². The molecule has 5 rings (SSSR count). The molecular weight excluding hydrogens is 481 g/mol. The van der Waals surface area contributed by atoms with Crippen molar-refractivity contribution < 1.29 is 9.13 Å². The van der Waals surface area contributed by atoms with Gasteiger partial charge in [0.05, 0.1) is 5.69 Å². The number of likely N-dealkylation sites (tertiary alicyclic amines) is 1. The summed E-state index contributed by atoms with van der Waals surface area (Å²) in [6.07, 6.45) is 10.1. The Bertz CT molecular complexity index is 1440. The van der Waals surface area contributed by atoms with Gasteiger partial charge < -0.3 is 16.2 Å². The number of hydrogen-bond donors (Lipinski definition) is 2. The summed E-state index contributed by atoms with van der Waals surface area (Å²) in [6.45, 7) is 6.21. The van der Waals surface area contributed by atoms with Crippen molar-refractivity contribution >= 4 is 17.7 Å². The molecule has 1 saturated heterocycles. The highest BCUT2D eigenvalue weighted by molar-refractivity contribution is 5.69. The highest BCUT2D eigenvalue weighted by Crippen LogP contribution is 2.31. The molecule has 1 fully saturated rings. The second kappa shape index (κ2) is 11.3. The third-order valence-corrected chi connectivity index (χ3v) is 6.48. The molecule has 1 aliphatic rings. The molecule has 9 heteroatoms. The number of benzene rings is 1. The summed E-state index contributed by atoms with van der Waals surface area (Å²) >= 11 is 0. The molecule has 0 unspecified atom stereocenters. The summed E-state index contributed by atoms with van der Waals surface area (Å²) in [6, 6.07) is 14.2. The van der Waals surface area contributed by atoms with Crippen molar-refractivity contribution in [2.24, 2.45) is 0 Å². The number of nitrogens with zero attached hydrogens (tertiary/aromatic N) is 5. The van der Waals surface area contributed by atoms with E-state index < -0.39 is 5.82 Å². The minimum absolute atomic E-state index is 0.0628. The Morgan fingerprint density at radius 1 is 1.05 bits per heavy atom. The van der Waals surface area contributed by atoms with Crippen molar-refractivity contribution in [2.75, 3.05) is 24.6 Å². The number of halogens is 1. The molecule has 3 aromatic heterocycles. The predicted molar refractivity (Wildman–Crippen MR) is 148 cm³/mol. The van der Waals surface area contributed by atoms with Crippen LogP contribution in [0.3, 0.4) is 0 Å². The van der Waals surface area contributed by atoms with E-state index in [2.05, 4.69) is 26.4 Å². The molecule has 0 amide bonds. The van der Waals surface area contributed by atoms with Gasteiger partial charge in [-0.05, 0) is 60.9 Å². The smallest absolute Gasteiger partial charge is 0.167 e. The number of nitrogens with two attached hydrogens (primary N) is 2. The SMILES string of the molecule is C=C/C=C\c1nc(-c2ccccn2)n(-c2ccc(OC3CCN(Cc4ccnc(N)c4)CC3)c(F)c2)c1N. The molecule has 1 aromatic carbocycles. The molecule has 194 valence electrons. The first-order valence-corrected chi connectivity index (χ1v) is 12.5. The predicted octanol–water partition coefficient (Wildman–Crippen LogP) is 4.88. The summed E-state index contributed by atoms with van der Waals surface area (Å²) in [5, 5.41) is 0. The lowest BCUT2D eigenvalue weighted by molar-refractivity contribution is 0.0935. The number of pyridine rings is 2. The molecule has 4 heterocycles. The third-order valence-electron chi connectivity index (χ3n) is 6.48. The number of ether oxygens (including phenoxy) is 1. The molecular formula is C29H30FN7O. The van der Waals surface area contributed by atoms with E-state index in [9.17, 15) is 0 Å². The highest BCUT2D eigenvalue weighted by atomic mass is 19.1. The van der Waals surface area contributed by atoms with Gasteiger partial charge in [-0.15, -0.1) is 0 Å². The molecule has 4 N–H and O–H groups in total. The molecule has 0 aliphatic carbocycles. The first kappa shape index (κ1) is 25.2. The second-order valence-corrected chi connectivity index (χ2v) is 9.15. The van der Waals surface area contributed by atoms with Gasteiger partial charge in [0.15, 0.2) is 17.4 Å². The largest absolute Gasteiger partial charge is 0.487 e. The van der Waals surface area contributed by atoms with E-state index >= 15 is 4.39 Å². The van der Waals surface area contributed by atoms with Crippen molar-refractivity contribution in [3.63, 3.8) is 0 Å². The molecule has 1 aliphatic heterocycles. The fourth-order valence-electron chi connectivity index (χ4n) is 4.60. The fraction of sp³-hybridized carbons (Fsp3) is 0.207. The molecule has 8 nitrogen and oxygen atoms in total. The minimum Gasteiger partial charge on any atom is -0.487 e. The van der Waals surface area contributed by atoms with Crippen molar-refractivity contribution in [3.8, 4) is 23.0 Å². The minimum atomic E-state index is -0.458. The van der Waals surface area contributed by atoms with E-state index in [4.69, 9.17) is 16.2 Å². The number of piperidine rings is 1. The Morgan fingerprint density at radius 2 is 1.89 bits per heavy atom.